The lowest BCUT2D eigenvalue weighted by Crippen LogP contribution is -2.25. The third-order valence-electron chi connectivity index (χ3n) is 2.64. The Bertz CT molecular complexity index is 596. The highest BCUT2D eigenvalue weighted by Crippen LogP contribution is 2.31. The lowest BCUT2D eigenvalue weighted by Gasteiger charge is -2.20. The Morgan fingerprint density at radius 2 is 2.00 bits per heavy atom. The third-order valence-corrected chi connectivity index (χ3v) is 3.16. The summed E-state index contributed by atoms with van der Waals surface area (Å²) in [6.07, 6.45) is 1.98. The minimum atomic E-state index is -2.08. The maximum Gasteiger partial charge on any atom is 0.255 e. The summed E-state index contributed by atoms with van der Waals surface area (Å²) in [5, 5.41) is 6.91. The number of nitrogens with zero attached hydrogens (tertiary/aromatic N) is 7. The summed E-state index contributed by atoms with van der Waals surface area (Å²) >= 11 is 16.8. The lowest BCUT2D eigenvalue weighted by atomic mass is 10.2. The van der Waals surface area contributed by atoms with Gasteiger partial charge >= 0.3 is 0 Å². The molecule has 1 aromatic rings. The molecule has 0 aromatic carbocycles. The highest BCUT2D eigenvalue weighted by Gasteiger charge is 2.34. The van der Waals surface area contributed by atoms with E-state index in [2.05, 4.69) is 20.1 Å². The first kappa shape index (κ1) is 17.5. The Morgan fingerprint density at radius 3 is 2.57 bits per heavy atom. The molecule has 1 atom stereocenters. The molecule has 1 heterocycles. The first-order chi connectivity index (χ1) is 9.91. The molecule has 0 aliphatic rings. The average Bonchev–Trinajstić information content (AvgIpc) is 2.89. The van der Waals surface area contributed by atoms with E-state index >= 15 is 0 Å². The number of hydrogen-bond acceptors (Lipinski definition) is 3. The van der Waals surface area contributed by atoms with Crippen LogP contribution in [0.4, 0.5) is 0 Å². The van der Waals surface area contributed by atoms with Crippen LogP contribution >= 0.6 is 34.8 Å². The first-order valence-electron chi connectivity index (χ1n) is 5.72. The Kier molecular flexibility index (Phi) is 6.68. The fourth-order valence-electron chi connectivity index (χ4n) is 1.75. The molecule has 0 saturated heterocycles. The number of Topliss-reactive ketones (excluding diaryl/α,β-unsaturated/α-hetero) is 1. The number of carbonyl (C=O) groups excluding carboxylic acids is 1. The van der Waals surface area contributed by atoms with Crippen LogP contribution in [0.1, 0.15) is 23.0 Å². The molecule has 0 aliphatic heterocycles. The standard InChI is InChI=1S/C10H10Cl3N7O/c11-10(12,13)9(21)8-2-1-5-20(8)7(6-17-19-15)3-4-16-18-14/h1-2,5,7H,3-4,6H2/t7-/m0/s1. The minimum Gasteiger partial charge on any atom is -0.342 e. The SMILES string of the molecule is [N-]=[N+]=NCC[C@@H](CN=[N+]=[N-])n1cccc1C(=O)C(Cl)(Cl)Cl. The van der Waals surface area contributed by atoms with Crippen LogP contribution in [0.3, 0.4) is 0 Å². The van der Waals surface area contributed by atoms with Gasteiger partial charge < -0.3 is 4.57 Å². The summed E-state index contributed by atoms with van der Waals surface area (Å²) in [7, 11) is 0. The summed E-state index contributed by atoms with van der Waals surface area (Å²) in [6, 6.07) is 2.73. The minimum absolute atomic E-state index is 0.0757. The third kappa shape index (κ3) is 5.04. The molecule has 0 amide bonds. The molecule has 1 aromatic heterocycles. The van der Waals surface area contributed by atoms with Crippen LogP contribution in [0.25, 0.3) is 20.9 Å². The zero-order valence-corrected chi connectivity index (χ0v) is 12.9. The molecular formula is C10H10Cl3N7O. The number of carbonyl (C=O) groups is 1. The summed E-state index contributed by atoms with van der Waals surface area (Å²) in [6.45, 7) is 0.258. The summed E-state index contributed by atoms with van der Waals surface area (Å²) < 4.78 is -0.532. The fraction of sp³-hybridized carbons (Fsp3) is 0.500. The van der Waals surface area contributed by atoms with Crippen molar-refractivity contribution in [2.24, 2.45) is 10.2 Å². The van der Waals surface area contributed by atoms with Crippen LogP contribution in [0, 0.1) is 0 Å². The number of alkyl halides is 3. The van der Waals surface area contributed by atoms with Gasteiger partial charge in [0.2, 0.25) is 5.78 Å². The predicted octanol–water partition coefficient (Wildman–Crippen LogP) is 4.59. The van der Waals surface area contributed by atoms with E-state index in [4.69, 9.17) is 45.9 Å². The number of ketones is 1. The monoisotopic (exact) mass is 349 g/mol. The van der Waals surface area contributed by atoms with Crippen molar-refractivity contribution >= 4 is 40.6 Å². The molecule has 0 spiro atoms. The predicted molar refractivity (Wildman–Crippen MR) is 80.7 cm³/mol. The topological polar surface area (TPSA) is 120 Å². The fourth-order valence-corrected chi connectivity index (χ4v) is 2.04. The summed E-state index contributed by atoms with van der Waals surface area (Å²) in [4.78, 5) is 17.4. The van der Waals surface area contributed by atoms with Gasteiger partial charge in [0.1, 0.15) is 0 Å². The van der Waals surface area contributed by atoms with Gasteiger partial charge in [-0.05, 0) is 29.6 Å². The molecule has 112 valence electrons. The zero-order chi connectivity index (χ0) is 15.9. The van der Waals surface area contributed by atoms with Gasteiger partial charge in [-0.2, -0.15) is 0 Å². The number of halogens is 3. The van der Waals surface area contributed by atoms with E-state index in [1.807, 2.05) is 0 Å². The first-order valence-corrected chi connectivity index (χ1v) is 6.85. The highest BCUT2D eigenvalue weighted by molar-refractivity contribution is 6.77. The van der Waals surface area contributed by atoms with Crippen LogP contribution in [0.5, 0.6) is 0 Å². The second kappa shape index (κ2) is 8.02. The molecular weight excluding hydrogens is 341 g/mol. The van der Waals surface area contributed by atoms with E-state index in [0.717, 1.165) is 0 Å². The Balaban J connectivity index is 3.07. The number of aromatic nitrogens is 1. The molecule has 0 saturated carbocycles. The lowest BCUT2D eigenvalue weighted by molar-refractivity contribution is 0.0985. The molecule has 21 heavy (non-hydrogen) atoms. The van der Waals surface area contributed by atoms with Crippen molar-refractivity contribution in [1.82, 2.24) is 4.57 Å². The van der Waals surface area contributed by atoms with Gasteiger partial charge in [-0.1, -0.05) is 45.0 Å². The van der Waals surface area contributed by atoms with Gasteiger partial charge in [0.25, 0.3) is 3.79 Å². The van der Waals surface area contributed by atoms with E-state index in [-0.39, 0.29) is 24.8 Å². The molecule has 0 N–H and O–H groups in total. The number of hydrogen-bond donors (Lipinski definition) is 0. The van der Waals surface area contributed by atoms with Gasteiger partial charge in [-0.3, -0.25) is 4.79 Å². The molecule has 0 fully saturated rings. The quantitative estimate of drug-likeness (QED) is 0.231. The summed E-state index contributed by atoms with van der Waals surface area (Å²) in [5.74, 6) is -0.688. The van der Waals surface area contributed by atoms with Crippen molar-refractivity contribution in [3.63, 3.8) is 0 Å². The van der Waals surface area contributed by atoms with Crippen LogP contribution in [-0.4, -0.2) is 27.2 Å². The molecule has 0 radical (unpaired) electrons. The van der Waals surface area contributed by atoms with E-state index in [0.29, 0.717) is 6.42 Å². The van der Waals surface area contributed by atoms with Gasteiger partial charge in [0.15, 0.2) is 0 Å². The maximum absolute atomic E-state index is 12.1. The van der Waals surface area contributed by atoms with Gasteiger partial charge in [0.05, 0.1) is 5.69 Å². The van der Waals surface area contributed by atoms with Crippen molar-refractivity contribution in [3.05, 3.63) is 44.9 Å². The van der Waals surface area contributed by atoms with Crippen molar-refractivity contribution in [1.29, 1.82) is 0 Å². The average molecular weight is 351 g/mol. The normalized spacial score (nSPS) is 12.1. The van der Waals surface area contributed by atoms with Crippen LogP contribution in [0.15, 0.2) is 28.6 Å². The highest BCUT2D eigenvalue weighted by atomic mass is 35.6. The van der Waals surface area contributed by atoms with Crippen molar-refractivity contribution in [2.45, 2.75) is 16.3 Å². The molecule has 1 rings (SSSR count). The Morgan fingerprint density at radius 1 is 1.33 bits per heavy atom. The van der Waals surface area contributed by atoms with Crippen molar-refractivity contribution in [2.75, 3.05) is 13.1 Å². The zero-order valence-electron chi connectivity index (χ0n) is 10.6. The van der Waals surface area contributed by atoms with Gasteiger partial charge in [-0.25, -0.2) is 0 Å². The molecule has 0 bridgehead atoms. The van der Waals surface area contributed by atoms with E-state index in [9.17, 15) is 4.79 Å². The Labute approximate surface area is 134 Å². The Hall–Kier alpha value is -1.56. The van der Waals surface area contributed by atoms with E-state index in [1.54, 1.807) is 16.8 Å². The van der Waals surface area contributed by atoms with Gasteiger partial charge in [0, 0.05) is 35.2 Å². The van der Waals surface area contributed by atoms with Crippen LogP contribution < -0.4 is 0 Å². The summed E-state index contributed by atoms with van der Waals surface area (Å²) in [5.41, 5.74) is 16.9. The van der Waals surface area contributed by atoms with Crippen LogP contribution in [0.2, 0.25) is 0 Å². The van der Waals surface area contributed by atoms with Crippen LogP contribution in [-0.2, 0) is 0 Å². The molecule has 0 aliphatic carbocycles. The van der Waals surface area contributed by atoms with E-state index < -0.39 is 9.58 Å². The maximum atomic E-state index is 12.1. The van der Waals surface area contributed by atoms with E-state index in [1.165, 1.54) is 6.07 Å². The largest absolute Gasteiger partial charge is 0.342 e. The second-order valence-electron chi connectivity index (χ2n) is 3.94. The molecule has 8 nitrogen and oxygen atoms in total. The smallest absolute Gasteiger partial charge is 0.255 e. The second-order valence-corrected chi connectivity index (χ2v) is 6.22. The van der Waals surface area contributed by atoms with Gasteiger partial charge in [-0.15, -0.1) is 0 Å². The molecule has 11 heteroatoms. The molecule has 0 unspecified atom stereocenters. The number of rotatable bonds is 7. The number of azide groups is 2. The van der Waals surface area contributed by atoms with Crippen molar-refractivity contribution in [3.8, 4) is 0 Å². The van der Waals surface area contributed by atoms with Crippen molar-refractivity contribution < 1.29 is 4.79 Å².